The highest BCUT2D eigenvalue weighted by Gasteiger charge is 2.01. The first kappa shape index (κ1) is 15.2. The van der Waals surface area contributed by atoms with Crippen LogP contribution in [-0.2, 0) is 11.2 Å². The number of thiazole rings is 1. The summed E-state index contributed by atoms with van der Waals surface area (Å²) in [5.41, 5.74) is 3.75. The molecular formula is C17H15N3O2S. The normalized spacial score (nSPS) is 11.1. The number of rotatable bonds is 5. The molecule has 6 heteroatoms. The van der Waals surface area contributed by atoms with Crippen molar-refractivity contribution in [1.29, 1.82) is 0 Å². The Balaban J connectivity index is 1.63. The quantitative estimate of drug-likeness (QED) is 0.707. The van der Waals surface area contributed by atoms with Gasteiger partial charge in [0.05, 0.1) is 11.2 Å². The fourth-order valence-electron chi connectivity index (χ4n) is 2.19. The number of hydrogen-bond acceptors (Lipinski definition) is 4. The van der Waals surface area contributed by atoms with E-state index in [0.29, 0.717) is 18.5 Å². The van der Waals surface area contributed by atoms with Crippen LogP contribution in [0.1, 0.15) is 11.3 Å². The predicted molar refractivity (Wildman–Crippen MR) is 92.4 cm³/mol. The highest BCUT2D eigenvalue weighted by atomic mass is 32.1. The summed E-state index contributed by atoms with van der Waals surface area (Å²) in [6, 6.07) is 9.29. The van der Waals surface area contributed by atoms with E-state index < -0.39 is 0 Å². The van der Waals surface area contributed by atoms with Crippen molar-refractivity contribution < 1.29 is 4.79 Å². The second kappa shape index (κ2) is 7.02. The molecule has 0 atom stereocenters. The van der Waals surface area contributed by atoms with Crippen molar-refractivity contribution in [1.82, 2.24) is 15.3 Å². The number of benzene rings is 1. The Labute approximate surface area is 136 Å². The van der Waals surface area contributed by atoms with E-state index in [1.165, 1.54) is 23.5 Å². The smallest absolute Gasteiger partial charge is 0.255 e. The number of aromatic amines is 1. The van der Waals surface area contributed by atoms with Gasteiger partial charge in [-0.2, -0.15) is 0 Å². The first-order valence-corrected chi connectivity index (χ1v) is 8.12. The van der Waals surface area contributed by atoms with Gasteiger partial charge in [0.25, 0.3) is 5.56 Å². The van der Waals surface area contributed by atoms with E-state index in [9.17, 15) is 9.59 Å². The first-order valence-electron chi connectivity index (χ1n) is 7.17. The Morgan fingerprint density at radius 3 is 3.04 bits per heavy atom. The number of carbonyl (C=O) groups is 1. The van der Waals surface area contributed by atoms with E-state index in [1.54, 1.807) is 11.6 Å². The number of amides is 1. The lowest BCUT2D eigenvalue weighted by atomic mass is 10.1. The van der Waals surface area contributed by atoms with Crippen molar-refractivity contribution in [2.75, 3.05) is 6.54 Å². The van der Waals surface area contributed by atoms with Gasteiger partial charge >= 0.3 is 0 Å². The Kier molecular flexibility index (Phi) is 4.63. The van der Waals surface area contributed by atoms with E-state index in [-0.39, 0.29) is 11.5 Å². The van der Waals surface area contributed by atoms with Gasteiger partial charge in [0.15, 0.2) is 0 Å². The number of para-hydroxylation sites is 1. The lowest BCUT2D eigenvalue weighted by molar-refractivity contribution is -0.116. The van der Waals surface area contributed by atoms with Crippen LogP contribution >= 0.6 is 11.3 Å². The summed E-state index contributed by atoms with van der Waals surface area (Å²) < 4.78 is 0. The molecule has 2 aromatic heterocycles. The van der Waals surface area contributed by atoms with Gasteiger partial charge in [-0.15, -0.1) is 11.3 Å². The monoisotopic (exact) mass is 325 g/mol. The molecule has 0 aliphatic heterocycles. The number of nitrogens with one attached hydrogen (secondary N) is 2. The molecule has 0 radical (unpaired) electrons. The van der Waals surface area contributed by atoms with Crippen molar-refractivity contribution in [2.45, 2.75) is 6.42 Å². The van der Waals surface area contributed by atoms with Crippen molar-refractivity contribution >= 4 is 34.2 Å². The lowest BCUT2D eigenvalue weighted by Crippen LogP contribution is -2.23. The van der Waals surface area contributed by atoms with Crippen LogP contribution in [0.15, 0.2) is 52.1 Å². The van der Waals surface area contributed by atoms with Crippen LogP contribution in [0.25, 0.3) is 17.0 Å². The van der Waals surface area contributed by atoms with Gasteiger partial charge in [-0.05, 0) is 23.6 Å². The molecule has 0 spiro atoms. The van der Waals surface area contributed by atoms with Gasteiger partial charge in [-0.25, -0.2) is 4.98 Å². The molecule has 0 saturated heterocycles. The molecule has 0 aliphatic carbocycles. The van der Waals surface area contributed by atoms with Crippen molar-refractivity contribution in [3.8, 4) is 0 Å². The fraction of sp³-hybridized carbons (Fsp3) is 0.118. The maximum Gasteiger partial charge on any atom is 0.255 e. The number of aromatic nitrogens is 2. The number of pyridine rings is 1. The maximum absolute atomic E-state index is 12.0. The van der Waals surface area contributed by atoms with Gasteiger partial charge in [0.2, 0.25) is 5.91 Å². The summed E-state index contributed by atoms with van der Waals surface area (Å²) in [5.74, 6) is -0.229. The molecule has 2 heterocycles. The molecule has 2 N–H and O–H groups in total. The van der Waals surface area contributed by atoms with Gasteiger partial charge < -0.3 is 10.3 Å². The molecule has 3 rings (SSSR count). The molecule has 1 aromatic carbocycles. The van der Waals surface area contributed by atoms with Gasteiger partial charge in [-0.1, -0.05) is 18.2 Å². The van der Waals surface area contributed by atoms with E-state index in [0.717, 1.165) is 16.6 Å². The topological polar surface area (TPSA) is 74.8 Å². The SMILES string of the molecule is O=C(/C=C/c1cc2ccccc2[nH]c1=O)NCCc1cscn1. The summed E-state index contributed by atoms with van der Waals surface area (Å²) in [7, 11) is 0. The largest absolute Gasteiger partial charge is 0.352 e. The second-order valence-electron chi connectivity index (χ2n) is 5.00. The van der Waals surface area contributed by atoms with Crippen molar-refractivity contribution in [3.63, 3.8) is 0 Å². The minimum absolute atomic E-state index is 0.213. The Morgan fingerprint density at radius 1 is 1.35 bits per heavy atom. The number of hydrogen-bond donors (Lipinski definition) is 2. The van der Waals surface area contributed by atoms with E-state index >= 15 is 0 Å². The lowest BCUT2D eigenvalue weighted by Gasteiger charge is -2.01. The Morgan fingerprint density at radius 2 is 2.22 bits per heavy atom. The molecule has 1 amide bonds. The molecule has 0 bridgehead atoms. The molecule has 3 aromatic rings. The van der Waals surface area contributed by atoms with Crippen LogP contribution in [-0.4, -0.2) is 22.4 Å². The first-order chi connectivity index (χ1) is 11.2. The van der Waals surface area contributed by atoms with Gasteiger partial charge in [0.1, 0.15) is 0 Å². The molecule has 0 saturated carbocycles. The molecule has 0 fully saturated rings. The minimum atomic E-state index is -0.229. The van der Waals surface area contributed by atoms with Crippen LogP contribution in [0.3, 0.4) is 0 Å². The van der Waals surface area contributed by atoms with Crippen LogP contribution in [0.5, 0.6) is 0 Å². The Bertz CT molecular complexity index is 898. The predicted octanol–water partition coefficient (Wildman–Crippen LogP) is 2.36. The average Bonchev–Trinajstić information content (AvgIpc) is 3.06. The van der Waals surface area contributed by atoms with E-state index in [2.05, 4.69) is 15.3 Å². The highest BCUT2D eigenvalue weighted by molar-refractivity contribution is 7.07. The third-order valence-electron chi connectivity index (χ3n) is 3.36. The summed E-state index contributed by atoms with van der Waals surface area (Å²) in [5, 5.41) is 5.66. The van der Waals surface area contributed by atoms with Crippen LogP contribution < -0.4 is 10.9 Å². The fourth-order valence-corrected chi connectivity index (χ4v) is 2.78. The van der Waals surface area contributed by atoms with Crippen molar-refractivity contribution in [2.24, 2.45) is 0 Å². The van der Waals surface area contributed by atoms with E-state index in [1.807, 2.05) is 29.6 Å². The average molecular weight is 325 g/mol. The number of carbonyl (C=O) groups excluding carboxylic acids is 1. The molecule has 5 nitrogen and oxygen atoms in total. The molecule has 23 heavy (non-hydrogen) atoms. The summed E-state index contributed by atoms with van der Waals surface area (Å²) >= 11 is 1.53. The molecule has 116 valence electrons. The Hall–Kier alpha value is -2.73. The van der Waals surface area contributed by atoms with Gasteiger partial charge in [-0.3, -0.25) is 9.59 Å². The summed E-state index contributed by atoms with van der Waals surface area (Å²) in [6.45, 7) is 0.515. The van der Waals surface area contributed by atoms with Crippen LogP contribution in [0.4, 0.5) is 0 Å². The zero-order valence-corrected chi connectivity index (χ0v) is 13.1. The zero-order valence-electron chi connectivity index (χ0n) is 12.3. The molecular weight excluding hydrogens is 310 g/mol. The number of nitrogens with zero attached hydrogens (tertiary/aromatic N) is 1. The van der Waals surface area contributed by atoms with E-state index in [4.69, 9.17) is 0 Å². The van der Waals surface area contributed by atoms with Crippen molar-refractivity contribution in [3.05, 3.63) is 68.9 Å². The summed E-state index contributed by atoms with van der Waals surface area (Å²) in [6.07, 6.45) is 3.60. The highest BCUT2D eigenvalue weighted by Crippen LogP contribution is 2.10. The molecule has 0 unspecified atom stereocenters. The minimum Gasteiger partial charge on any atom is -0.352 e. The zero-order chi connectivity index (χ0) is 16.1. The van der Waals surface area contributed by atoms with Crippen LogP contribution in [0, 0.1) is 0 Å². The molecule has 0 aliphatic rings. The number of fused-ring (bicyclic) bond motifs is 1. The standard InChI is InChI=1S/C17H15N3O2S/c21-16(18-8-7-14-10-23-11-19-14)6-5-13-9-12-3-1-2-4-15(12)20-17(13)22/h1-6,9-11H,7-8H2,(H,18,21)(H,20,22)/b6-5+. The van der Waals surface area contributed by atoms with Crippen LogP contribution in [0.2, 0.25) is 0 Å². The number of H-pyrrole nitrogens is 1. The second-order valence-corrected chi connectivity index (χ2v) is 5.71. The third kappa shape index (κ3) is 3.92. The maximum atomic E-state index is 12.0. The third-order valence-corrected chi connectivity index (χ3v) is 4.00. The summed E-state index contributed by atoms with van der Waals surface area (Å²) in [4.78, 5) is 30.7. The van der Waals surface area contributed by atoms with Gasteiger partial charge in [0, 0.05) is 35.5 Å².